The lowest BCUT2D eigenvalue weighted by Crippen LogP contribution is -2.26. The maximum absolute atomic E-state index is 13.4. The SMILES string of the molecule is COC1=C(OC)C(=O)C(Cc2cccc(C(=O)Nc3ccc(OC)cc3)c2OCc2ccccc2)=C(C)C1=O. The molecule has 0 heterocycles. The van der Waals surface area contributed by atoms with E-state index in [0.29, 0.717) is 22.7 Å². The molecule has 0 radical (unpaired) electrons. The minimum atomic E-state index is -0.450. The van der Waals surface area contributed by atoms with E-state index < -0.39 is 11.6 Å². The quantitative estimate of drug-likeness (QED) is 0.369. The monoisotopic (exact) mass is 527 g/mol. The molecule has 1 N–H and O–H groups in total. The molecular formula is C31H29NO7. The van der Waals surface area contributed by atoms with Crippen molar-refractivity contribution in [2.75, 3.05) is 26.6 Å². The number of nitrogens with one attached hydrogen (secondary N) is 1. The van der Waals surface area contributed by atoms with Gasteiger partial charge in [-0.2, -0.15) is 0 Å². The zero-order chi connectivity index (χ0) is 27.9. The average molecular weight is 528 g/mol. The minimum absolute atomic E-state index is 0.0496. The average Bonchev–Trinajstić information content (AvgIpc) is 2.97. The van der Waals surface area contributed by atoms with Gasteiger partial charge in [0.15, 0.2) is 0 Å². The first kappa shape index (κ1) is 27.2. The van der Waals surface area contributed by atoms with E-state index >= 15 is 0 Å². The molecule has 8 nitrogen and oxygen atoms in total. The van der Waals surface area contributed by atoms with Crippen LogP contribution in [0.25, 0.3) is 0 Å². The Morgan fingerprint density at radius 1 is 0.769 bits per heavy atom. The van der Waals surface area contributed by atoms with Crippen LogP contribution in [0.2, 0.25) is 0 Å². The Hall–Kier alpha value is -4.85. The molecule has 3 aromatic rings. The number of para-hydroxylation sites is 1. The van der Waals surface area contributed by atoms with E-state index in [1.165, 1.54) is 14.2 Å². The Morgan fingerprint density at radius 2 is 1.44 bits per heavy atom. The highest BCUT2D eigenvalue weighted by atomic mass is 16.5. The topological polar surface area (TPSA) is 100 Å². The third-order valence-electron chi connectivity index (χ3n) is 6.38. The number of ketones is 2. The number of hydrogen-bond donors (Lipinski definition) is 1. The van der Waals surface area contributed by atoms with Crippen LogP contribution >= 0.6 is 0 Å². The van der Waals surface area contributed by atoms with E-state index in [0.717, 1.165) is 5.56 Å². The number of allylic oxidation sites excluding steroid dienone is 2. The number of Topliss-reactive ketones (excluding diaryl/α,β-unsaturated/α-hetero) is 2. The van der Waals surface area contributed by atoms with Gasteiger partial charge in [0.2, 0.25) is 23.1 Å². The van der Waals surface area contributed by atoms with E-state index in [9.17, 15) is 14.4 Å². The maximum Gasteiger partial charge on any atom is 0.259 e. The van der Waals surface area contributed by atoms with Gasteiger partial charge >= 0.3 is 0 Å². The van der Waals surface area contributed by atoms with Gasteiger partial charge in [0.05, 0.1) is 26.9 Å². The number of carbonyl (C=O) groups excluding carboxylic acids is 3. The minimum Gasteiger partial charge on any atom is -0.497 e. The second kappa shape index (κ2) is 12.1. The Balaban J connectivity index is 1.71. The molecule has 0 aliphatic heterocycles. The Bertz CT molecular complexity index is 1450. The van der Waals surface area contributed by atoms with Crippen LogP contribution in [0.1, 0.15) is 28.4 Å². The molecule has 0 bridgehead atoms. The number of carbonyl (C=O) groups is 3. The molecule has 0 spiro atoms. The van der Waals surface area contributed by atoms with Crippen molar-refractivity contribution in [3.05, 3.63) is 112 Å². The fourth-order valence-corrected chi connectivity index (χ4v) is 4.27. The molecule has 0 atom stereocenters. The summed E-state index contributed by atoms with van der Waals surface area (Å²) in [5, 5.41) is 2.88. The number of rotatable bonds is 10. The summed E-state index contributed by atoms with van der Waals surface area (Å²) < 4.78 is 21.8. The highest BCUT2D eigenvalue weighted by Crippen LogP contribution is 2.33. The molecule has 1 amide bonds. The summed E-state index contributed by atoms with van der Waals surface area (Å²) in [4.78, 5) is 39.6. The van der Waals surface area contributed by atoms with E-state index in [1.54, 1.807) is 56.5 Å². The summed E-state index contributed by atoms with van der Waals surface area (Å²) in [7, 11) is 4.20. The summed E-state index contributed by atoms with van der Waals surface area (Å²) in [5.74, 6) is -0.564. The van der Waals surface area contributed by atoms with Crippen molar-refractivity contribution in [2.24, 2.45) is 0 Å². The molecule has 39 heavy (non-hydrogen) atoms. The molecule has 1 aliphatic rings. The van der Waals surface area contributed by atoms with Crippen molar-refractivity contribution in [1.29, 1.82) is 0 Å². The first-order valence-electron chi connectivity index (χ1n) is 12.2. The van der Waals surface area contributed by atoms with Gasteiger partial charge in [-0.05, 0) is 48.4 Å². The molecule has 200 valence electrons. The predicted molar refractivity (Wildman–Crippen MR) is 146 cm³/mol. The summed E-state index contributed by atoms with van der Waals surface area (Å²) in [6, 6.07) is 21.6. The van der Waals surface area contributed by atoms with E-state index in [4.69, 9.17) is 18.9 Å². The molecule has 0 fully saturated rings. The van der Waals surface area contributed by atoms with Gasteiger partial charge in [-0.1, -0.05) is 42.5 Å². The van der Waals surface area contributed by atoms with Gasteiger partial charge in [0.25, 0.3) is 5.91 Å². The number of benzene rings is 3. The van der Waals surface area contributed by atoms with Crippen LogP contribution in [0, 0.1) is 0 Å². The fourth-order valence-electron chi connectivity index (χ4n) is 4.27. The second-order valence-electron chi connectivity index (χ2n) is 8.76. The molecule has 8 heteroatoms. The zero-order valence-electron chi connectivity index (χ0n) is 22.2. The van der Waals surface area contributed by atoms with E-state index in [-0.39, 0.29) is 47.2 Å². The number of ether oxygens (including phenoxy) is 4. The first-order chi connectivity index (χ1) is 18.9. The predicted octanol–water partition coefficient (Wildman–Crippen LogP) is 5.04. The van der Waals surface area contributed by atoms with Crippen molar-refractivity contribution >= 4 is 23.2 Å². The molecular weight excluding hydrogens is 498 g/mol. The van der Waals surface area contributed by atoms with E-state index in [1.807, 2.05) is 30.3 Å². The van der Waals surface area contributed by atoms with Crippen LogP contribution in [0.5, 0.6) is 11.5 Å². The van der Waals surface area contributed by atoms with Crippen molar-refractivity contribution in [3.8, 4) is 11.5 Å². The molecule has 0 saturated heterocycles. The number of methoxy groups -OCH3 is 3. The number of anilines is 1. The van der Waals surface area contributed by atoms with Crippen LogP contribution in [0.3, 0.4) is 0 Å². The van der Waals surface area contributed by atoms with Gasteiger partial charge in [0.1, 0.15) is 18.1 Å². The first-order valence-corrected chi connectivity index (χ1v) is 12.2. The summed E-state index contributed by atoms with van der Waals surface area (Å²) in [6.07, 6.45) is 0.0496. The van der Waals surface area contributed by atoms with Crippen LogP contribution < -0.4 is 14.8 Å². The number of hydrogen-bond acceptors (Lipinski definition) is 7. The standard InChI is InChI=1S/C31H29NO7/c1-19-25(27(34)30(38-4)29(37-3)26(19)33)17-21-11-8-12-24(28(21)39-18-20-9-6-5-7-10-20)31(35)32-22-13-15-23(36-2)16-14-22/h5-16H,17-18H2,1-4H3,(H,32,35). The van der Waals surface area contributed by atoms with Crippen molar-refractivity contribution in [2.45, 2.75) is 20.0 Å². The van der Waals surface area contributed by atoms with Gasteiger partial charge in [-0.25, -0.2) is 0 Å². The van der Waals surface area contributed by atoms with Crippen molar-refractivity contribution in [3.63, 3.8) is 0 Å². The molecule has 0 saturated carbocycles. The third kappa shape index (κ3) is 5.85. The fraction of sp³-hybridized carbons (Fsp3) is 0.194. The molecule has 4 rings (SSSR count). The second-order valence-corrected chi connectivity index (χ2v) is 8.76. The normalized spacial score (nSPS) is 13.3. The smallest absolute Gasteiger partial charge is 0.259 e. The van der Waals surface area contributed by atoms with Crippen LogP contribution in [-0.4, -0.2) is 38.8 Å². The molecule has 1 aliphatic carbocycles. The van der Waals surface area contributed by atoms with Crippen LogP contribution in [0.15, 0.2) is 95.5 Å². The lowest BCUT2D eigenvalue weighted by atomic mass is 9.88. The van der Waals surface area contributed by atoms with Crippen LogP contribution in [-0.2, 0) is 32.1 Å². The lowest BCUT2D eigenvalue weighted by Gasteiger charge is -2.22. The van der Waals surface area contributed by atoms with Crippen molar-refractivity contribution in [1.82, 2.24) is 0 Å². The number of amides is 1. The zero-order valence-corrected chi connectivity index (χ0v) is 22.2. The van der Waals surface area contributed by atoms with Gasteiger partial charge in [0, 0.05) is 23.3 Å². The molecule has 3 aromatic carbocycles. The van der Waals surface area contributed by atoms with E-state index in [2.05, 4.69) is 5.32 Å². The van der Waals surface area contributed by atoms with Crippen molar-refractivity contribution < 1.29 is 33.3 Å². The largest absolute Gasteiger partial charge is 0.497 e. The van der Waals surface area contributed by atoms with Gasteiger partial charge in [-0.15, -0.1) is 0 Å². The molecule has 0 aromatic heterocycles. The van der Waals surface area contributed by atoms with Gasteiger partial charge < -0.3 is 24.3 Å². The maximum atomic E-state index is 13.4. The van der Waals surface area contributed by atoms with Crippen LogP contribution in [0.4, 0.5) is 5.69 Å². The Morgan fingerprint density at radius 3 is 2.08 bits per heavy atom. The highest BCUT2D eigenvalue weighted by molar-refractivity contribution is 6.23. The lowest BCUT2D eigenvalue weighted by molar-refractivity contribution is -0.121. The summed E-state index contributed by atoms with van der Waals surface area (Å²) in [5.41, 5.74) is 2.83. The third-order valence-corrected chi connectivity index (χ3v) is 6.38. The Kier molecular flexibility index (Phi) is 8.46. The van der Waals surface area contributed by atoms with Gasteiger partial charge in [-0.3, -0.25) is 14.4 Å². The summed E-state index contributed by atoms with van der Waals surface area (Å²) in [6.45, 7) is 1.77. The Labute approximate surface area is 226 Å². The molecule has 0 unspecified atom stereocenters. The highest BCUT2D eigenvalue weighted by Gasteiger charge is 2.35. The summed E-state index contributed by atoms with van der Waals surface area (Å²) >= 11 is 0.